The third kappa shape index (κ3) is 3.26. The van der Waals surface area contributed by atoms with Crippen molar-refractivity contribution in [2.45, 2.75) is 13.8 Å². The van der Waals surface area contributed by atoms with Crippen LogP contribution < -0.4 is 9.64 Å². The summed E-state index contributed by atoms with van der Waals surface area (Å²) >= 11 is 0. The van der Waals surface area contributed by atoms with Gasteiger partial charge in [0.25, 0.3) is 0 Å². The van der Waals surface area contributed by atoms with Crippen LogP contribution in [0, 0.1) is 0 Å². The minimum atomic E-state index is -0.669. The van der Waals surface area contributed by atoms with Gasteiger partial charge in [0, 0.05) is 31.0 Å². The van der Waals surface area contributed by atoms with E-state index in [-0.39, 0.29) is 33.7 Å². The Morgan fingerprint density at radius 1 is 0.806 bits per heavy atom. The molecule has 31 heavy (non-hydrogen) atoms. The molecule has 0 bridgehead atoms. The number of anilines is 1. The number of fused-ring (bicyclic) bond motifs is 2. The van der Waals surface area contributed by atoms with Gasteiger partial charge in [-0.25, -0.2) is 4.90 Å². The zero-order valence-electron chi connectivity index (χ0n) is 16.7. The lowest BCUT2D eigenvalue weighted by atomic mass is 9.82. The quantitative estimate of drug-likeness (QED) is 0.545. The van der Waals surface area contributed by atoms with E-state index in [1.165, 1.54) is 12.1 Å². The van der Waals surface area contributed by atoms with E-state index in [2.05, 4.69) is 0 Å². The summed E-state index contributed by atoms with van der Waals surface area (Å²) in [6.07, 6.45) is 0. The average molecular weight is 415 g/mol. The first-order valence-corrected chi connectivity index (χ1v) is 9.43. The Kier molecular flexibility index (Phi) is 4.87. The maximum atomic E-state index is 13.4. The number of carbonyl (C=O) groups excluding carboxylic acids is 4. The lowest BCUT2D eigenvalue weighted by Gasteiger charge is -2.27. The number of nitrogens with zero attached hydrogens (tertiary/aromatic N) is 1. The number of hydrogen-bond acceptors (Lipinski definition) is 6. The van der Waals surface area contributed by atoms with E-state index in [0.717, 1.165) is 24.8 Å². The van der Waals surface area contributed by atoms with E-state index in [9.17, 15) is 24.3 Å². The number of phenols is 1. The number of carbonyl (C=O) groups is 4. The van der Waals surface area contributed by atoms with Gasteiger partial charge in [0.05, 0.1) is 11.1 Å². The summed E-state index contributed by atoms with van der Waals surface area (Å²) in [5.41, 5.74) is -0.448. The third-order valence-corrected chi connectivity index (χ3v) is 4.94. The largest absolute Gasteiger partial charge is 0.507 e. The SMILES string of the molecule is CC(=O)N(C(C)=O)c1c(Oc2ccccc2)cc(O)c2c1C(=O)c1ccccc1C2=O. The van der Waals surface area contributed by atoms with Crippen molar-refractivity contribution < 1.29 is 29.0 Å². The standard InChI is InChI=1S/C24H17NO6/c1-13(26)25(14(2)27)22-19(31-15-8-4-3-5-9-15)12-18(28)20-21(22)24(30)17-11-7-6-10-16(17)23(20)29/h3-12,28H,1-2H3. The molecular formula is C24H17NO6. The summed E-state index contributed by atoms with van der Waals surface area (Å²) in [5, 5.41) is 10.7. The first-order valence-electron chi connectivity index (χ1n) is 9.43. The van der Waals surface area contributed by atoms with Crippen LogP contribution in [0.1, 0.15) is 45.7 Å². The molecule has 0 saturated carbocycles. The molecule has 1 N–H and O–H groups in total. The smallest absolute Gasteiger partial charge is 0.230 e. The van der Waals surface area contributed by atoms with E-state index >= 15 is 0 Å². The second kappa shape index (κ2) is 7.53. The molecule has 0 saturated heterocycles. The van der Waals surface area contributed by atoms with Crippen molar-refractivity contribution >= 4 is 29.1 Å². The second-order valence-corrected chi connectivity index (χ2v) is 6.98. The molecule has 0 radical (unpaired) electrons. The molecule has 0 unspecified atom stereocenters. The molecule has 7 nitrogen and oxygen atoms in total. The number of ketones is 2. The Morgan fingerprint density at radius 3 is 1.87 bits per heavy atom. The minimum absolute atomic E-state index is 0.103. The van der Waals surface area contributed by atoms with Gasteiger partial charge < -0.3 is 9.84 Å². The van der Waals surface area contributed by atoms with Gasteiger partial charge in [-0.3, -0.25) is 19.2 Å². The molecule has 1 aliphatic carbocycles. The maximum Gasteiger partial charge on any atom is 0.230 e. The van der Waals surface area contributed by atoms with Gasteiger partial charge in [-0.1, -0.05) is 42.5 Å². The van der Waals surface area contributed by atoms with Crippen molar-refractivity contribution in [3.63, 3.8) is 0 Å². The molecule has 3 aromatic carbocycles. The average Bonchev–Trinajstić information content (AvgIpc) is 2.73. The van der Waals surface area contributed by atoms with Crippen LogP contribution in [0.15, 0.2) is 60.7 Å². The molecule has 7 heteroatoms. The van der Waals surface area contributed by atoms with Gasteiger partial charge in [0.2, 0.25) is 11.8 Å². The summed E-state index contributed by atoms with van der Waals surface area (Å²) in [6, 6.07) is 15.8. The first-order chi connectivity index (χ1) is 14.8. The topological polar surface area (TPSA) is 101 Å². The molecule has 0 atom stereocenters. The van der Waals surface area contributed by atoms with E-state index in [1.807, 2.05) is 0 Å². The third-order valence-electron chi connectivity index (χ3n) is 4.94. The van der Waals surface area contributed by atoms with Gasteiger partial charge in [-0.15, -0.1) is 0 Å². The number of hydrogen-bond donors (Lipinski definition) is 1. The Bertz CT molecular complexity index is 1250. The summed E-state index contributed by atoms with van der Waals surface area (Å²) in [6.45, 7) is 2.33. The number of phenolic OH excluding ortho intramolecular Hbond substituents is 1. The fourth-order valence-corrected chi connectivity index (χ4v) is 3.69. The highest BCUT2D eigenvalue weighted by Crippen LogP contribution is 2.46. The van der Waals surface area contributed by atoms with Crippen LogP contribution in [0.2, 0.25) is 0 Å². The second-order valence-electron chi connectivity index (χ2n) is 6.98. The summed E-state index contributed by atoms with van der Waals surface area (Å²) < 4.78 is 5.84. The van der Waals surface area contributed by atoms with Crippen LogP contribution in [0.5, 0.6) is 17.2 Å². The zero-order chi connectivity index (χ0) is 22.3. The Balaban J connectivity index is 2.06. The Morgan fingerprint density at radius 2 is 1.32 bits per heavy atom. The Hall–Kier alpha value is -4.26. The van der Waals surface area contributed by atoms with E-state index < -0.39 is 29.1 Å². The zero-order valence-corrected chi connectivity index (χ0v) is 16.7. The van der Waals surface area contributed by atoms with E-state index in [1.54, 1.807) is 42.5 Å². The number of ether oxygens (including phenoxy) is 1. The van der Waals surface area contributed by atoms with Crippen molar-refractivity contribution in [1.82, 2.24) is 0 Å². The number of amides is 2. The molecule has 0 aromatic heterocycles. The lowest BCUT2D eigenvalue weighted by molar-refractivity contribution is -0.124. The predicted molar refractivity (Wildman–Crippen MR) is 112 cm³/mol. The van der Waals surface area contributed by atoms with E-state index in [0.29, 0.717) is 5.75 Å². The van der Waals surface area contributed by atoms with E-state index in [4.69, 9.17) is 4.74 Å². The fraction of sp³-hybridized carbons (Fsp3) is 0.0833. The number of imide groups is 1. The number of benzene rings is 3. The number of rotatable bonds is 3. The molecule has 0 aliphatic heterocycles. The van der Waals surface area contributed by atoms with Crippen molar-refractivity contribution in [2.24, 2.45) is 0 Å². The lowest BCUT2D eigenvalue weighted by Crippen LogP contribution is -2.36. The molecule has 0 heterocycles. The number of para-hydroxylation sites is 1. The van der Waals surface area contributed by atoms with Gasteiger partial charge in [0.1, 0.15) is 17.2 Å². The predicted octanol–water partition coefficient (Wildman–Crippen LogP) is 3.86. The minimum Gasteiger partial charge on any atom is -0.507 e. The van der Waals surface area contributed by atoms with Gasteiger partial charge in [-0.05, 0) is 12.1 Å². The normalized spacial score (nSPS) is 12.1. The molecule has 0 fully saturated rings. The van der Waals surface area contributed by atoms with Gasteiger partial charge >= 0.3 is 0 Å². The van der Waals surface area contributed by atoms with Crippen molar-refractivity contribution in [1.29, 1.82) is 0 Å². The molecule has 4 rings (SSSR count). The maximum absolute atomic E-state index is 13.4. The monoisotopic (exact) mass is 415 g/mol. The highest BCUT2D eigenvalue weighted by Gasteiger charge is 2.39. The van der Waals surface area contributed by atoms with Crippen LogP contribution in [0.3, 0.4) is 0 Å². The molecule has 2 amide bonds. The van der Waals surface area contributed by atoms with Crippen molar-refractivity contribution in [2.75, 3.05) is 4.90 Å². The number of aromatic hydroxyl groups is 1. The summed E-state index contributed by atoms with van der Waals surface area (Å²) in [4.78, 5) is 52.1. The molecule has 154 valence electrons. The van der Waals surface area contributed by atoms with Gasteiger partial charge in [-0.2, -0.15) is 0 Å². The molecular weight excluding hydrogens is 398 g/mol. The Labute approximate surface area is 177 Å². The van der Waals surface area contributed by atoms with Crippen LogP contribution >= 0.6 is 0 Å². The molecule has 3 aromatic rings. The van der Waals surface area contributed by atoms with Crippen molar-refractivity contribution in [3.8, 4) is 17.2 Å². The first kappa shape index (κ1) is 20.0. The highest BCUT2D eigenvalue weighted by molar-refractivity contribution is 6.33. The molecule has 0 spiro atoms. The summed E-state index contributed by atoms with van der Waals surface area (Å²) in [7, 11) is 0. The fourth-order valence-electron chi connectivity index (χ4n) is 3.69. The summed E-state index contributed by atoms with van der Waals surface area (Å²) in [5.74, 6) is -2.75. The molecule has 1 aliphatic rings. The van der Waals surface area contributed by atoms with Crippen LogP contribution in [0.25, 0.3) is 0 Å². The van der Waals surface area contributed by atoms with Crippen LogP contribution in [-0.2, 0) is 9.59 Å². The van der Waals surface area contributed by atoms with Gasteiger partial charge in [0.15, 0.2) is 17.3 Å². The van der Waals surface area contributed by atoms with Crippen LogP contribution in [-0.4, -0.2) is 28.5 Å². The highest BCUT2D eigenvalue weighted by atomic mass is 16.5. The van der Waals surface area contributed by atoms with Crippen molar-refractivity contribution in [3.05, 3.63) is 82.9 Å². The van der Waals surface area contributed by atoms with Crippen LogP contribution in [0.4, 0.5) is 5.69 Å².